The predicted molar refractivity (Wildman–Crippen MR) is 72.5 cm³/mol. The van der Waals surface area contributed by atoms with Crippen LogP contribution in [0.3, 0.4) is 0 Å². The lowest BCUT2D eigenvalue weighted by Crippen LogP contribution is -2.31. The number of para-hydroxylation sites is 1. The van der Waals surface area contributed by atoms with Crippen molar-refractivity contribution >= 4 is 11.6 Å². The minimum atomic E-state index is -0.507. The van der Waals surface area contributed by atoms with Gasteiger partial charge in [-0.15, -0.1) is 0 Å². The van der Waals surface area contributed by atoms with Crippen molar-refractivity contribution in [1.82, 2.24) is 4.98 Å². The van der Waals surface area contributed by atoms with Crippen molar-refractivity contribution in [3.8, 4) is 5.88 Å². The highest BCUT2D eigenvalue weighted by Crippen LogP contribution is 2.17. The van der Waals surface area contributed by atoms with Crippen LogP contribution in [0, 0.1) is 0 Å². The minimum Gasteiger partial charge on any atom is -0.494 e. The van der Waals surface area contributed by atoms with Crippen LogP contribution in [-0.4, -0.2) is 22.5 Å². The zero-order chi connectivity index (χ0) is 13.8. The summed E-state index contributed by atoms with van der Waals surface area (Å²) < 4.78 is 0. The molecule has 0 unspecified atom stereocenters. The number of nitrogens with one attached hydrogen (secondary N) is 1. The van der Waals surface area contributed by atoms with Gasteiger partial charge in [-0.1, -0.05) is 18.2 Å². The Morgan fingerprint density at radius 3 is 2.53 bits per heavy atom. The van der Waals surface area contributed by atoms with E-state index in [0.29, 0.717) is 6.54 Å². The Balaban J connectivity index is 2.39. The molecule has 1 aromatic carbocycles. The number of benzene rings is 1. The molecular formula is C14H14N2O3. The second-order valence-electron chi connectivity index (χ2n) is 4.00. The summed E-state index contributed by atoms with van der Waals surface area (Å²) >= 11 is 0. The number of H-pyrrole nitrogens is 1. The molecule has 2 rings (SSSR count). The van der Waals surface area contributed by atoms with E-state index in [-0.39, 0.29) is 17.4 Å². The number of aromatic nitrogens is 1. The maximum Gasteiger partial charge on any atom is 0.258 e. The largest absolute Gasteiger partial charge is 0.494 e. The summed E-state index contributed by atoms with van der Waals surface area (Å²) in [5.41, 5.74) is 0.397. The smallest absolute Gasteiger partial charge is 0.258 e. The topological polar surface area (TPSA) is 73.4 Å². The molecule has 19 heavy (non-hydrogen) atoms. The van der Waals surface area contributed by atoms with E-state index < -0.39 is 5.56 Å². The number of rotatable bonds is 3. The van der Waals surface area contributed by atoms with Crippen molar-refractivity contribution in [2.24, 2.45) is 0 Å². The quantitative estimate of drug-likeness (QED) is 0.880. The summed E-state index contributed by atoms with van der Waals surface area (Å²) in [5.74, 6) is -0.643. The molecule has 2 N–H and O–H groups in total. The molecule has 0 fully saturated rings. The Hall–Kier alpha value is -2.56. The standard InChI is InChI=1S/C14H14N2O3/c1-2-16(11-6-4-3-5-7-11)14(19)10-8-12(17)15-13(18)9-10/h3-9H,2H2,1H3,(H2,15,17,18). The van der Waals surface area contributed by atoms with Gasteiger partial charge in [0.15, 0.2) is 5.88 Å². The lowest BCUT2D eigenvalue weighted by molar-refractivity contribution is 0.0987. The van der Waals surface area contributed by atoms with Crippen LogP contribution >= 0.6 is 0 Å². The van der Waals surface area contributed by atoms with Gasteiger partial charge in [0, 0.05) is 24.4 Å². The maximum atomic E-state index is 12.3. The Morgan fingerprint density at radius 2 is 1.95 bits per heavy atom. The third kappa shape index (κ3) is 2.82. The van der Waals surface area contributed by atoms with E-state index in [9.17, 15) is 14.7 Å². The number of aromatic hydroxyl groups is 1. The Morgan fingerprint density at radius 1 is 1.26 bits per heavy atom. The van der Waals surface area contributed by atoms with Gasteiger partial charge in [0.25, 0.3) is 11.5 Å². The lowest BCUT2D eigenvalue weighted by Gasteiger charge is -2.20. The number of carbonyl (C=O) groups is 1. The van der Waals surface area contributed by atoms with Crippen LogP contribution in [0.4, 0.5) is 5.69 Å². The molecular weight excluding hydrogens is 244 g/mol. The highest BCUT2D eigenvalue weighted by Gasteiger charge is 2.17. The fourth-order valence-electron chi connectivity index (χ4n) is 1.86. The lowest BCUT2D eigenvalue weighted by atomic mass is 10.2. The molecule has 0 aliphatic rings. The number of nitrogens with zero attached hydrogens (tertiary/aromatic N) is 1. The molecule has 0 aliphatic carbocycles. The Bertz CT molecular complexity index is 635. The first-order chi connectivity index (χ1) is 9.11. The van der Waals surface area contributed by atoms with Gasteiger partial charge in [0.1, 0.15) is 0 Å². The molecule has 1 amide bonds. The van der Waals surface area contributed by atoms with Crippen molar-refractivity contribution in [1.29, 1.82) is 0 Å². The van der Waals surface area contributed by atoms with Crippen LogP contribution in [0.25, 0.3) is 0 Å². The van der Waals surface area contributed by atoms with Crippen LogP contribution in [0.2, 0.25) is 0 Å². The van der Waals surface area contributed by atoms with E-state index in [1.165, 1.54) is 17.0 Å². The highest BCUT2D eigenvalue weighted by molar-refractivity contribution is 6.06. The normalized spacial score (nSPS) is 10.2. The zero-order valence-electron chi connectivity index (χ0n) is 10.5. The number of amides is 1. The van der Waals surface area contributed by atoms with E-state index >= 15 is 0 Å². The maximum absolute atomic E-state index is 12.3. The third-order valence-corrected chi connectivity index (χ3v) is 2.71. The number of carbonyl (C=O) groups excluding carboxylic acids is 1. The zero-order valence-corrected chi connectivity index (χ0v) is 10.5. The van der Waals surface area contributed by atoms with Crippen molar-refractivity contribution < 1.29 is 9.90 Å². The van der Waals surface area contributed by atoms with Gasteiger partial charge in [-0.05, 0) is 19.1 Å². The van der Waals surface area contributed by atoms with E-state index in [4.69, 9.17) is 0 Å². The summed E-state index contributed by atoms with van der Waals surface area (Å²) in [4.78, 5) is 27.3. The molecule has 0 atom stereocenters. The average Bonchev–Trinajstić information content (AvgIpc) is 2.39. The summed E-state index contributed by atoms with van der Waals surface area (Å²) in [5, 5.41) is 9.34. The van der Waals surface area contributed by atoms with Crippen molar-refractivity contribution in [2.75, 3.05) is 11.4 Å². The monoisotopic (exact) mass is 258 g/mol. The molecule has 0 spiro atoms. The first kappa shape index (κ1) is 12.9. The number of hydrogen-bond donors (Lipinski definition) is 2. The van der Waals surface area contributed by atoms with E-state index in [0.717, 1.165) is 5.69 Å². The fourth-order valence-corrected chi connectivity index (χ4v) is 1.86. The van der Waals surface area contributed by atoms with Gasteiger partial charge in [-0.25, -0.2) is 0 Å². The Kier molecular flexibility index (Phi) is 3.66. The minimum absolute atomic E-state index is 0.159. The van der Waals surface area contributed by atoms with Crippen LogP contribution in [0.5, 0.6) is 5.88 Å². The number of pyridine rings is 1. The van der Waals surface area contributed by atoms with Crippen LogP contribution < -0.4 is 10.5 Å². The first-order valence-electron chi connectivity index (χ1n) is 5.92. The highest BCUT2D eigenvalue weighted by atomic mass is 16.3. The van der Waals surface area contributed by atoms with Gasteiger partial charge in [-0.3, -0.25) is 14.6 Å². The van der Waals surface area contributed by atoms with Gasteiger partial charge in [0.2, 0.25) is 0 Å². The molecule has 2 aromatic rings. The Labute approximate surface area is 110 Å². The summed E-state index contributed by atoms with van der Waals surface area (Å²) in [6.45, 7) is 2.31. The number of hydrogen-bond acceptors (Lipinski definition) is 3. The van der Waals surface area contributed by atoms with Gasteiger partial charge in [0.05, 0.1) is 5.56 Å². The van der Waals surface area contributed by atoms with Crippen molar-refractivity contribution in [3.05, 3.63) is 58.4 Å². The van der Waals surface area contributed by atoms with Gasteiger partial charge >= 0.3 is 0 Å². The molecule has 5 nitrogen and oxygen atoms in total. The van der Waals surface area contributed by atoms with E-state index in [1.807, 2.05) is 37.3 Å². The van der Waals surface area contributed by atoms with Gasteiger partial charge in [-0.2, -0.15) is 0 Å². The number of anilines is 1. The molecule has 0 bridgehead atoms. The molecule has 0 radical (unpaired) electrons. The molecule has 0 saturated carbocycles. The predicted octanol–water partition coefficient (Wildman–Crippen LogP) is 1.75. The molecule has 5 heteroatoms. The second-order valence-corrected chi connectivity index (χ2v) is 4.00. The number of aromatic amines is 1. The average molecular weight is 258 g/mol. The van der Waals surface area contributed by atoms with Crippen LogP contribution in [0.15, 0.2) is 47.3 Å². The first-order valence-corrected chi connectivity index (χ1v) is 5.92. The molecule has 0 saturated heterocycles. The van der Waals surface area contributed by atoms with E-state index in [2.05, 4.69) is 4.98 Å². The SMILES string of the molecule is CCN(C(=O)c1cc(O)[nH]c(=O)c1)c1ccccc1. The van der Waals surface area contributed by atoms with Gasteiger partial charge < -0.3 is 10.0 Å². The van der Waals surface area contributed by atoms with Crippen LogP contribution in [-0.2, 0) is 0 Å². The molecule has 1 aromatic heterocycles. The third-order valence-electron chi connectivity index (χ3n) is 2.71. The molecule has 98 valence electrons. The molecule has 0 aliphatic heterocycles. The summed E-state index contributed by atoms with van der Waals surface area (Å²) in [6.07, 6.45) is 0. The molecule has 1 heterocycles. The second kappa shape index (κ2) is 5.39. The van der Waals surface area contributed by atoms with E-state index in [1.54, 1.807) is 0 Å². The van der Waals surface area contributed by atoms with Crippen LogP contribution in [0.1, 0.15) is 17.3 Å². The van der Waals surface area contributed by atoms with Crippen molar-refractivity contribution in [3.63, 3.8) is 0 Å². The van der Waals surface area contributed by atoms with Crippen molar-refractivity contribution in [2.45, 2.75) is 6.92 Å². The summed E-state index contributed by atoms with van der Waals surface area (Å²) in [7, 11) is 0. The fraction of sp³-hybridized carbons (Fsp3) is 0.143. The summed E-state index contributed by atoms with van der Waals surface area (Å²) in [6, 6.07) is 11.6.